The summed E-state index contributed by atoms with van der Waals surface area (Å²) < 4.78 is 0. The highest BCUT2D eigenvalue weighted by molar-refractivity contribution is 7.11. The van der Waals surface area contributed by atoms with E-state index in [1.165, 1.54) is 49.0 Å². The van der Waals surface area contributed by atoms with Crippen molar-refractivity contribution in [3.8, 4) is 0 Å². The summed E-state index contributed by atoms with van der Waals surface area (Å²) in [6.07, 6.45) is 3.09. The van der Waals surface area contributed by atoms with Crippen LogP contribution in [0.3, 0.4) is 0 Å². The fourth-order valence-electron chi connectivity index (χ4n) is 4.44. The largest absolute Gasteiger partial charge is 0.391 e. The quantitative estimate of drug-likeness (QED) is 0.750. The standard InChI is InChI=1S/C20H30N4O3S/c1-14(25)18-20(27)24-10-9-23(13-17(24)19(26)21-18)12-16-6-5-15(28-16)11-22-7-3-2-4-8-22/h5-6,14,17-18,25H,2-4,7-13H2,1H3,(H,21,26)/t14-,17-,18+/m1/s1. The summed E-state index contributed by atoms with van der Waals surface area (Å²) >= 11 is 1.86. The number of amides is 2. The molecule has 3 aliphatic heterocycles. The molecule has 3 aliphatic rings. The number of nitrogens with zero attached hydrogens (tertiary/aromatic N) is 3. The summed E-state index contributed by atoms with van der Waals surface area (Å²) in [7, 11) is 0. The average molecular weight is 407 g/mol. The number of aliphatic hydroxyl groups is 1. The van der Waals surface area contributed by atoms with Gasteiger partial charge in [0.2, 0.25) is 11.8 Å². The highest BCUT2D eigenvalue weighted by Gasteiger charge is 2.44. The van der Waals surface area contributed by atoms with Gasteiger partial charge in [0.25, 0.3) is 0 Å². The van der Waals surface area contributed by atoms with Gasteiger partial charge in [-0.25, -0.2) is 0 Å². The van der Waals surface area contributed by atoms with Crippen molar-refractivity contribution in [2.75, 3.05) is 32.7 Å². The molecule has 8 heteroatoms. The predicted octanol–water partition coefficient (Wildman–Crippen LogP) is 0.626. The van der Waals surface area contributed by atoms with Gasteiger partial charge in [0, 0.05) is 42.5 Å². The minimum Gasteiger partial charge on any atom is -0.391 e. The zero-order valence-electron chi connectivity index (χ0n) is 16.5. The van der Waals surface area contributed by atoms with Gasteiger partial charge in [-0.05, 0) is 45.0 Å². The molecule has 1 aromatic heterocycles. The number of aliphatic hydroxyl groups excluding tert-OH is 1. The Morgan fingerprint density at radius 1 is 1.07 bits per heavy atom. The normalized spacial score (nSPS) is 28.1. The molecule has 2 N–H and O–H groups in total. The van der Waals surface area contributed by atoms with Crippen LogP contribution in [0.5, 0.6) is 0 Å². The van der Waals surface area contributed by atoms with E-state index in [0.717, 1.165) is 19.6 Å². The Hall–Kier alpha value is -1.48. The number of fused-ring (bicyclic) bond motifs is 1. The number of likely N-dealkylation sites (tertiary alicyclic amines) is 1. The van der Waals surface area contributed by atoms with E-state index in [2.05, 4.69) is 27.2 Å². The first-order chi connectivity index (χ1) is 13.5. The van der Waals surface area contributed by atoms with Crippen LogP contribution < -0.4 is 5.32 Å². The van der Waals surface area contributed by atoms with Crippen molar-refractivity contribution in [2.45, 2.75) is 57.5 Å². The highest BCUT2D eigenvalue weighted by Crippen LogP contribution is 2.24. The van der Waals surface area contributed by atoms with Crippen LogP contribution in [-0.4, -0.2) is 82.5 Å². The molecule has 0 bridgehead atoms. The lowest BCUT2D eigenvalue weighted by Crippen LogP contribution is -2.70. The van der Waals surface area contributed by atoms with Gasteiger partial charge in [0.1, 0.15) is 12.1 Å². The molecule has 3 atom stereocenters. The van der Waals surface area contributed by atoms with Crippen LogP contribution in [0.15, 0.2) is 12.1 Å². The average Bonchev–Trinajstić information content (AvgIpc) is 3.12. The molecule has 3 fully saturated rings. The summed E-state index contributed by atoms with van der Waals surface area (Å²) in [5, 5.41) is 12.4. The van der Waals surface area contributed by atoms with Crippen LogP contribution in [0.1, 0.15) is 35.9 Å². The molecule has 4 rings (SSSR count). The maximum absolute atomic E-state index is 12.5. The van der Waals surface area contributed by atoms with Crippen molar-refractivity contribution < 1.29 is 14.7 Å². The molecule has 0 saturated carbocycles. The lowest BCUT2D eigenvalue weighted by atomic mass is 10.0. The summed E-state index contributed by atoms with van der Waals surface area (Å²) in [4.78, 5) is 34.1. The molecule has 4 heterocycles. The van der Waals surface area contributed by atoms with E-state index in [1.54, 1.807) is 4.90 Å². The van der Waals surface area contributed by atoms with Crippen LogP contribution in [0.25, 0.3) is 0 Å². The molecule has 1 aromatic rings. The molecule has 0 unspecified atom stereocenters. The Bertz CT molecular complexity index is 716. The second-order valence-electron chi connectivity index (χ2n) is 8.21. The van der Waals surface area contributed by atoms with Crippen molar-refractivity contribution in [1.29, 1.82) is 0 Å². The first-order valence-corrected chi connectivity index (χ1v) is 11.1. The van der Waals surface area contributed by atoms with Crippen LogP contribution >= 0.6 is 11.3 Å². The third-order valence-electron chi connectivity index (χ3n) is 6.02. The topological polar surface area (TPSA) is 76.1 Å². The number of thiophene rings is 1. The van der Waals surface area contributed by atoms with E-state index < -0.39 is 18.2 Å². The van der Waals surface area contributed by atoms with Gasteiger partial charge in [-0.15, -0.1) is 11.3 Å². The maximum Gasteiger partial charge on any atom is 0.248 e. The van der Waals surface area contributed by atoms with E-state index >= 15 is 0 Å². The Morgan fingerprint density at radius 2 is 1.75 bits per heavy atom. The van der Waals surface area contributed by atoms with Crippen molar-refractivity contribution in [3.05, 3.63) is 21.9 Å². The van der Waals surface area contributed by atoms with Crippen LogP contribution in [0.4, 0.5) is 0 Å². The SMILES string of the molecule is C[C@@H](O)[C@@H]1NC(=O)[C@H]2CN(Cc3ccc(CN4CCCCC4)s3)CCN2C1=O. The molecule has 0 aliphatic carbocycles. The van der Waals surface area contributed by atoms with Crippen LogP contribution in [-0.2, 0) is 22.7 Å². The zero-order chi connectivity index (χ0) is 19.7. The maximum atomic E-state index is 12.5. The second kappa shape index (κ2) is 8.49. The summed E-state index contributed by atoms with van der Waals surface area (Å²) in [6, 6.07) is 3.16. The first-order valence-electron chi connectivity index (χ1n) is 10.3. The van der Waals surface area contributed by atoms with Gasteiger partial charge in [-0.1, -0.05) is 6.42 Å². The van der Waals surface area contributed by atoms with Crippen molar-refractivity contribution in [2.24, 2.45) is 0 Å². The summed E-state index contributed by atoms with van der Waals surface area (Å²) in [5.41, 5.74) is 0. The molecular formula is C20H30N4O3S. The van der Waals surface area contributed by atoms with E-state index in [0.29, 0.717) is 13.1 Å². The number of rotatable bonds is 5. The van der Waals surface area contributed by atoms with Gasteiger partial charge < -0.3 is 15.3 Å². The van der Waals surface area contributed by atoms with Crippen LogP contribution in [0.2, 0.25) is 0 Å². The minimum absolute atomic E-state index is 0.160. The lowest BCUT2D eigenvalue weighted by Gasteiger charge is -2.45. The van der Waals surface area contributed by atoms with E-state index in [4.69, 9.17) is 0 Å². The van der Waals surface area contributed by atoms with Gasteiger partial charge in [-0.2, -0.15) is 0 Å². The fraction of sp³-hybridized carbons (Fsp3) is 0.700. The van der Waals surface area contributed by atoms with Gasteiger partial charge in [-0.3, -0.25) is 19.4 Å². The molecular weight excluding hydrogens is 376 g/mol. The number of carbonyl (C=O) groups is 2. The summed E-state index contributed by atoms with van der Waals surface area (Å²) in [5.74, 6) is -0.327. The Morgan fingerprint density at radius 3 is 2.43 bits per heavy atom. The van der Waals surface area contributed by atoms with E-state index in [9.17, 15) is 14.7 Å². The lowest BCUT2D eigenvalue weighted by molar-refractivity contribution is -0.156. The number of hydrogen-bond donors (Lipinski definition) is 2. The number of piperazine rings is 2. The third-order valence-corrected chi connectivity index (χ3v) is 7.08. The van der Waals surface area contributed by atoms with Crippen molar-refractivity contribution in [3.63, 3.8) is 0 Å². The zero-order valence-corrected chi connectivity index (χ0v) is 17.3. The Labute approximate surface area is 170 Å². The van der Waals surface area contributed by atoms with Gasteiger partial charge in [0.05, 0.1) is 6.10 Å². The molecule has 0 radical (unpaired) electrons. The molecule has 28 heavy (non-hydrogen) atoms. The molecule has 2 amide bonds. The fourth-order valence-corrected chi connectivity index (χ4v) is 5.54. The second-order valence-corrected chi connectivity index (χ2v) is 9.47. The summed E-state index contributed by atoms with van der Waals surface area (Å²) in [6.45, 7) is 7.63. The van der Waals surface area contributed by atoms with Crippen molar-refractivity contribution in [1.82, 2.24) is 20.0 Å². The monoisotopic (exact) mass is 406 g/mol. The first kappa shape index (κ1) is 19.8. The smallest absolute Gasteiger partial charge is 0.248 e. The molecule has 0 spiro atoms. The number of carbonyl (C=O) groups excluding carboxylic acids is 2. The highest BCUT2D eigenvalue weighted by atomic mass is 32.1. The molecule has 3 saturated heterocycles. The van der Waals surface area contributed by atoms with Crippen molar-refractivity contribution >= 4 is 23.2 Å². The Balaban J connectivity index is 1.34. The minimum atomic E-state index is -0.875. The van der Waals surface area contributed by atoms with Gasteiger partial charge >= 0.3 is 0 Å². The van der Waals surface area contributed by atoms with E-state index in [1.807, 2.05) is 11.3 Å². The van der Waals surface area contributed by atoms with Gasteiger partial charge in [0.15, 0.2) is 0 Å². The van der Waals surface area contributed by atoms with Crippen LogP contribution in [0, 0.1) is 0 Å². The number of hydrogen-bond acceptors (Lipinski definition) is 6. The Kier molecular flexibility index (Phi) is 6.01. The molecule has 0 aromatic carbocycles. The number of nitrogens with one attached hydrogen (secondary N) is 1. The predicted molar refractivity (Wildman–Crippen MR) is 108 cm³/mol. The molecule has 7 nitrogen and oxygen atoms in total. The van der Waals surface area contributed by atoms with E-state index in [-0.39, 0.29) is 11.8 Å². The number of piperidine rings is 1. The molecule has 154 valence electrons. The third kappa shape index (κ3) is 4.25.